The SMILES string of the molecule is CCCCn1c(CC(C)C)nc2cc(OC)ccc21. The maximum absolute atomic E-state index is 5.28. The Morgan fingerprint density at radius 2 is 2.11 bits per heavy atom. The first kappa shape index (κ1) is 13.9. The summed E-state index contributed by atoms with van der Waals surface area (Å²) in [4.78, 5) is 4.80. The van der Waals surface area contributed by atoms with Crippen molar-refractivity contribution >= 4 is 11.0 Å². The van der Waals surface area contributed by atoms with E-state index in [1.807, 2.05) is 12.1 Å². The summed E-state index contributed by atoms with van der Waals surface area (Å²) in [6, 6.07) is 6.17. The Morgan fingerprint density at radius 3 is 2.74 bits per heavy atom. The van der Waals surface area contributed by atoms with Gasteiger partial charge in [0.2, 0.25) is 0 Å². The lowest BCUT2D eigenvalue weighted by Crippen LogP contribution is -2.07. The Bertz CT molecular complexity index is 543. The lowest BCUT2D eigenvalue weighted by Gasteiger charge is -2.10. The average molecular weight is 260 g/mol. The van der Waals surface area contributed by atoms with Crippen LogP contribution < -0.4 is 4.74 Å². The average Bonchev–Trinajstić information content (AvgIpc) is 2.71. The highest BCUT2D eigenvalue weighted by molar-refractivity contribution is 5.77. The topological polar surface area (TPSA) is 27.1 Å². The van der Waals surface area contributed by atoms with Crippen LogP contribution in [-0.2, 0) is 13.0 Å². The molecule has 0 aliphatic rings. The predicted molar refractivity (Wildman–Crippen MR) is 79.7 cm³/mol. The van der Waals surface area contributed by atoms with Gasteiger partial charge in [0, 0.05) is 19.0 Å². The van der Waals surface area contributed by atoms with Gasteiger partial charge in [0.1, 0.15) is 11.6 Å². The molecule has 1 aromatic heterocycles. The van der Waals surface area contributed by atoms with Crippen molar-refractivity contribution in [2.75, 3.05) is 7.11 Å². The monoisotopic (exact) mass is 260 g/mol. The van der Waals surface area contributed by atoms with E-state index < -0.39 is 0 Å². The fourth-order valence-electron chi connectivity index (χ4n) is 2.37. The normalized spacial score (nSPS) is 11.4. The van der Waals surface area contributed by atoms with E-state index in [9.17, 15) is 0 Å². The number of aromatic nitrogens is 2. The second-order valence-corrected chi connectivity index (χ2v) is 5.49. The molecule has 3 nitrogen and oxygen atoms in total. The summed E-state index contributed by atoms with van der Waals surface area (Å²) in [5.74, 6) is 2.70. The number of methoxy groups -OCH3 is 1. The maximum atomic E-state index is 5.28. The van der Waals surface area contributed by atoms with Crippen molar-refractivity contribution in [1.29, 1.82) is 0 Å². The summed E-state index contributed by atoms with van der Waals surface area (Å²) in [5, 5.41) is 0. The molecule has 0 atom stereocenters. The molecule has 0 aliphatic heterocycles. The molecule has 0 amide bonds. The summed E-state index contributed by atoms with van der Waals surface area (Å²) in [5.41, 5.74) is 2.27. The minimum atomic E-state index is 0.624. The Kier molecular flexibility index (Phi) is 4.46. The summed E-state index contributed by atoms with van der Waals surface area (Å²) in [6.45, 7) is 7.76. The molecule has 0 N–H and O–H groups in total. The molecule has 0 unspecified atom stereocenters. The van der Waals surface area contributed by atoms with Crippen LogP contribution in [0, 0.1) is 5.92 Å². The third kappa shape index (κ3) is 3.09. The number of fused-ring (bicyclic) bond motifs is 1. The van der Waals surface area contributed by atoms with Crippen molar-refractivity contribution in [3.05, 3.63) is 24.0 Å². The lowest BCUT2D eigenvalue weighted by molar-refractivity contribution is 0.415. The van der Waals surface area contributed by atoms with E-state index in [4.69, 9.17) is 9.72 Å². The van der Waals surface area contributed by atoms with Crippen LogP contribution >= 0.6 is 0 Å². The second-order valence-electron chi connectivity index (χ2n) is 5.49. The fourth-order valence-corrected chi connectivity index (χ4v) is 2.37. The van der Waals surface area contributed by atoms with Gasteiger partial charge in [0.05, 0.1) is 18.1 Å². The van der Waals surface area contributed by atoms with Gasteiger partial charge >= 0.3 is 0 Å². The second kappa shape index (κ2) is 6.09. The van der Waals surface area contributed by atoms with Crippen molar-refractivity contribution < 1.29 is 4.74 Å². The van der Waals surface area contributed by atoms with E-state index in [0.717, 1.165) is 24.2 Å². The highest BCUT2D eigenvalue weighted by atomic mass is 16.5. The highest BCUT2D eigenvalue weighted by Gasteiger charge is 2.12. The first-order valence-electron chi connectivity index (χ1n) is 7.18. The molecular formula is C16H24N2O. The third-order valence-electron chi connectivity index (χ3n) is 3.36. The number of aryl methyl sites for hydroxylation is 1. The minimum absolute atomic E-state index is 0.624. The molecule has 1 heterocycles. The Morgan fingerprint density at radius 1 is 1.32 bits per heavy atom. The van der Waals surface area contributed by atoms with Gasteiger partial charge in [-0.3, -0.25) is 0 Å². The van der Waals surface area contributed by atoms with Crippen molar-refractivity contribution in [3.63, 3.8) is 0 Å². The highest BCUT2D eigenvalue weighted by Crippen LogP contribution is 2.23. The van der Waals surface area contributed by atoms with Crippen LogP contribution in [0.5, 0.6) is 5.75 Å². The molecular weight excluding hydrogens is 236 g/mol. The first-order chi connectivity index (χ1) is 9.15. The predicted octanol–water partition coefficient (Wildman–Crippen LogP) is 4.04. The third-order valence-corrected chi connectivity index (χ3v) is 3.36. The molecule has 2 aromatic rings. The van der Waals surface area contributed by atoms with Crippen molar-refractivity contribution in [2.45, 2.75) is 46.6 Å². The molecule has 0 aliphatic carbocycles. The van der Waals surface area contributed by atoms with Gasteiger partial charge in [-0.05, 0) is 24.5 Å². The van der Waals surface area contributed by atoms with Crippen molar-refractivity contribution in [2.24, 2.45) is 5.92 Å². The Balaban J connectivity index is 2.45. The Hall–Kier alpha value is -1.51. The fraction of sp³-hybridized carbons (Fsp3) is 0.562. The summed E-state index contributed by atoms with van der Waals surface area (Å²) >= 11 is 0. The van der Waals surface area contributed by atoms with E-state index in [1.165, 1.54) is 24.2 Å². The zero-order valence-corrected chi connectivity index (χ0v) is 12.4. The molecule has 3 heteroatoms. The zero-order chi connectivity index (χ0) is 13.8. The van der Waals surface area contributed by atoms with Gasteiger partial charge in [-0.25, -0.2) is 4.98 Å². The molecule has 0 saturated carbocycles. The van der Waals surface area contributed by atoms with Crippen LogP contribution in [-0.4, -0.2) is 16.7 Å². The molecule has 0 fully saturated rings. The number of hydrogen-bond acceptors (Lipinski definition) is 2. The van der Waals surface area contributed by atoms with E-state index in [1.54, 1.807) is 7.11 Å². The zero-order valence-electron chi connectivity index (χ0n) is 12.4. The van der Waals surface area contributed by atoms with Crippen molar-refractivity contribution in [3.8, 4) is 5.75 Å². The molecule has 104 valence electrons. The van der Waals surface area contributed by atoms with Crippen molar-refractivity contribution in [1.82, 2.24) is 9.55 Å². The number of ether oxygens (including phenoxy) is 1. The summed E-state index contributed by atoms with van der Waals surface area (Å²) in [7, 11) is 1.70. The van der Waals surface area contributed by atoms with E-state index in [-0.39, 0.29) is 0 Å². The molecule has 0 radical (unpaired) electrons. The Labute approximate surface area is 115 Å². The van der Waals surface area contributed by atoms with Gasteiger partial charge in [-0.15, -0.1) is 0 Å². The molecule has 2 rings (SSSR count). The van der Waals surface area contributed by atoms with Gasteiger partial charge < -0.3 is 9.30 Å². The maximum Gasteiger partial charge on any atom is 0.121 e. The summed E-state index contributed by atoms with van der Waals surface area (Å²) < 4.78 is 7.66. The molecule has 0 saturated heterocycles. The summed E-state index contributed by atoms with van der Waals surface area (Å²) in [6.07, 6.45) is 3.43. The number of nitrogens with zero attached hydrogens (tertiary/aromatic N) is 2. The largest absolute Gasteiger partial charge is 0.497 e. The molecule has 0 spiro atoms. The van der Waals surface area contributed by atoms with Crippen LogP contribution in [0.25, 0.3) is 11.0 Å². The quantitative estimate of drug-likeness (QED) is 0.783. The van der Waals surface area contributed by atoms with E-state index in [0.29, 0.717) is 5.92 Å². The van der Waals surface area contributed by atoms with Crippen LogP contribution in [0.3, 0.4) is 0 Å². The van der Waals surface area contributed by atoms with Gasteiger partial charge in [0.15, 0.2) is 0 Å². The number of rotatable bonds is 6. The molecule has 19 heavy (non-hydrogen) atoms. The number of benzene rings is 1. The number of unbranched alkanes of at least 4 members (excludes halogenated alkanes) is 1. The smallest absolute Gasteiger partial charge is 0.121 e. The van der Waals surface area contributed by atoms with Gasteiger partial charge in [-0.2, -0.15) is 0 Å². The van der Waals surface area contributed by atoms with E-state index in [2.05, 4.69) is 31.4 Å². The van der Waals surface area contributed by atoms with E-state index >= 15 is 0 Å². The van der Waals surface area contributed by atoms with Gasteiger partial charge in [0.25, 0.3) is 0 Å². The van der Waals surface area contributed by atoms with Gasteiger partial charge in [-0.1, -0.05) is 27.2 Å². The standard InChI is InChI=1S/C16H24N2O/c1-5-6-9-18-15-8-7-13(19-4)11-14(15)17-16(18)10-12(2)3/h7-8,11-12H,5-6,9-10H2,1-4H3. The minimum Gasteiger partial charge on any atom is -0.497 e. The molecule has 0 bridgehead atoms. The van der Waals surface area contributed by atoms with Crippen LogP contribution in [0.1, 0.15) is 39.4 Å². The first-order valence-corrected chi connectivity index (χ1v) is 7.18. The van der Waals surface area contributed by atoms with Crippen LogP contribution in [0.4, 0.5) is 0 Å². The molecule has 1 aromatic carbocycles. The van der Waals surface area contributed by atoms with Crippen LogP contribution in [0.15, 0.2) is 18.2 Å². The lowest BCUT2D eigenvalue weighted by atomic mass is 10.1. The number of imidazole rings is 1. The van der Waals surface area contributed by atoms with Crippen LogP contribution in [0.2, 0.25) is 0 Å². The number of hydrogen-bond donors (Lipinski definition) is 0.